The van der Waals surface area contributed by atoms with E-state index in [1.165, 1.54) is 29.7 Å². The highest BCUT2D eigenvalue weighted by Gasteiger charge is 2.55. The Balaban J connectivity index is 1.45. The molecule has 4 aliphatic rings. The molecule has 1 aromatic carbocycles. The first-order valence-electron chi connectivity index (χ1n) is 10.3. The predicted octanol–water partition coefficient (Wildman–Crippen LogP) is 5.82. The summed E-state index contributed by atoms with van der Waals surface area (Å²) < 4.78 is 1.76. The molecular weight excluding hydrogens is 352 g/mol. The molecule has 4 aliphatic carbocycles. The van der Waals surface area contributed by atoms with Crippen LogP contribution in [0, 0.1) is 43.9 Å². The summed E-state index contributed by atoms with van der Waals surface area (Å²) in [5.41, 5.74) is 3.11. The average Bonchev–Trinajstić information content (AvgIpc) is 2.90. The minimum atomic E-state index is -0.135. The van der Waals surface area contributed by atoms with E-state index >= 15 is 0 Å². The van der Waals surface area contributed by atoms with Crippen LogP contribution in [0.25, 0.3) is 0 Å². The number of nitrogens with zero attached hydrogens (tertiary/aromatic N) is 2. The number of carbonyl (C=O) groups excluding carboxylic acids is 1. The molecule has 1 aromatic heterocycles. The number of hydrogen-bond donors (Lipinski definition) is 0. The van der Waals surface area contributed by atoms with E-state index in [1.54, 1.807) is 16.4 Å². The Hall–Kier alpha value is -1.55. The Kier molecular flexibility index (Phi) is 4.05. The third kappa shape index (κ3) is 2.88. The Morgan fingerprint density at radius 1 is 1.00 bits per heavy atom. The van der Waals surface area contributed by atoms with E-state index in [1.807, 2.05) is 6.92 Å². The largest absolute Gasteiger partial charge is 0.272 e. The lowest BCUT2D eigenvalue weighted by Gasteiger charge is -2.55. The Morgan fingerprint density at radius 2 is 1.56 bits per heavy atom. The molecule has 0 aliphatic heterocycles. The third-order valence-corrected chi connectivity index (χ3v) is 8.45. The smallest absolute Gasteiger partial charge is 0.253 e. The van der Waals surface area contributed by atoms with Crippen molar-refractivity contribution in [3.63, 3.8) is 0 Å². The lowest BCUT2D eigenvalue weighted by Crippen LogP contribution is -2.51. The second kappa shape index (κ2) is 6.23. The lowest BCUT2D eigenvalue weighted by atomic mass is 9.49. The van der Waals surface area contributed by atoms with Crippen molar-refractivity contribution in [1.29, 1.82) is 0 Å². The molecule has 4 saturated carbocycles. The van der Waals surface area contributed by atoms with E-state index in [2.05, 4.69) is 38.1 Å². The molecule has 0 N–H and O–H groups in total. The number of benzene rings is 1. The van der Waals surface area contributed by atoms with Crippen LogP contribution in [0.3, 0.4) is 0 Å². The zero-order chi connectivity index (χ0) is 18.8. The molecule has 0 saturated heterocycles. The first kappa shape index (κ1) is 17.5. The summed E-state index contributed by atoms with van der Waals surface area (Å²) >= 11 is 1.73. The molecule has 4 heteroatoms. The molecule has 4 bridgehead atoms. The van der Waals surface area contributed by atoms with Gasteiger partial charge in [0.15, 0.2) is 0 Å². The summed E-state index contributed by atoms with van der Waals surface area (Å²) in [5, 5.41) is 4.73. The quantitative estimate of drug-likeness (QED) is 0.673. The fraction of sp³-hybridized carbons (Fsp3) is 0.565. The number of aryl methyl sites for hydroxylation is 2. The van der Waals surface area contributed by atoms with Gasteiger partial charge in [-0.15, -0.1) is 0 Å². The van der Waals surface area contributed by atoms with E-state index in [-0.39, 0.29) is 11.3 Å². The summed E-state index contributed by atoms with van der Waals surface area (Å²) in [6.07, 6.45) is 7.36. The van der Waals surface area contributed by atoms with Gasteiger partial charge in [0.2, 0.25) is 0 Å². The van der Waals surface area contributed by atoms with Crippen LogP contribution >= 0.6 is 11.8 Å². The minimum absolute atomic E-state index is 0.135. The van der Waals surface area contributed by atoms with Crippen molar-refractivity contribution in [3.05, 3.63) is 41.2 Å². The van der Waals surface area contributed by atoms with Gasteiger partial charge < -0.3 is 0 Å². The van der Waals surface area contributed by atoms with Gasteiger partial charge in [-0.3, -0.25) is 4.79 Å². The third-order valence-electron chi connectivity index (χ3n) is 7.15. The second-order valence-electron chi connectivity index (χ2n) is 9.33. The van der Waals surface area contributed by atoms with Gasteiger partial charge in [-0.25, -0.2) is 4.68 Å². The monoisotopic (exact) mass is 380 g/mol. The first-order chi connectivity index (χ1) is 12.9. The highest BCUT2D eigenvalue weighted by Crippen LogP contribution is 2.60. The van der Waals surface area contributed by atoms with Crippen LogP contribution < -0.4 is 0 Å². The zero-order valence-electron chi connectivity index (χ0n) is 16.5. The van der Waals surface area contributed by atoms with Crippen LogP contribution in [-0.4, -0.2) is 15.7 Å². The highest BCUT2D eigenvalue weighted by atomic mass is 32.2. The van der Waals surface area contributed by atoms with Crippen molar-refractivity contribution < 1.29 is 4.79 Å². The molecule has 0 spiro atoms. The van der Waals surface area contributed by atoms with E-state index in [4.69, 9.17) is 5.10 Å². The molecule has 1 heterocycles. The Morgan fingerprint density at radius 3 is 2.11 bits per heavy atom. The van der Waals surface area contributed by atoms with Crippen LogP contribution in [0.15, 0.2) is 34.1 Å². The van der Waals surface area contributed by atoms with E-state index in [0.717, 1.165) is 53.3 Å². The number of carbonyl (C=O) groups is 1. The molecule has 2 aromatic rings. The van der Waals surface area contributed by atoms with Crippen LogP contribution in [0.5, 0.6) is 0 Å². The predicted molar refractivity (Wildman–Crippen MR) is 108 cm³/mol. The number of aromatic nitrogens is 2. The normalized spacial score (nSPS) is 31.4. The molecule has 0 amide bonds. The maximum absolute atomic E-state index is 13.7. The van der Waals surface area contributed by atoms with Crippen LogP contribution in [-0.2, 0) is 0 Å². The Labute approximate surface area is 165 Å². The van der Waals surface area contributed by atoms with Crippen LogP contribution in [0.4, 0.5) is 0 Å². The standard InChI is InChI=1S/C23H28N2OS/c1-14-4-6-20(7-5-14)27-21-15(2)24-25(16(21)3)22(26)23-11-17-8-18(12-23)10-19(9-17)13-23/h4-7,17-19H,8-13H2,1-3H3. The summed E-state index contributed by atoms with van der Waals surface area (Å²) in [4.78, 5) is 16.0. The number of hydrogen-bond acceptors (Lipinski definition) is 3. The van der Waals surface area contributed by atoms with Crippen molar-refractivity contribution in [2.24, 2.45) is 23.2 Å². The van der Waals surface area contributed by atoms with Crippen molar-refractivity contribution >= 4 is 17.7 Å². The van der Waals surface area contributed by atoms with Gasteiger partial charge in [0.1, 0.15) is 0 Å². The van der Waals surface area contributed by atoms with Gasteiger partial charge in [0.25, 0.3) is 5.91 Å². The van der Waals surface area contributed by atoms with Crippen LogP contribution in [0.1, 0.15) is 60.3 Å². The van der Waals surface area contributed by atoms with Crippen molar-refractivity contribution in [3.8, 4) is 0 Å². The maximum atomic E-state index is 13.7. The molecule has 27 heavy (non-hydrogen) atoms. The van der Waals surface area contributed by atoms with Gasteiger partial charge in [0, 0.05) is 4.90 Å². The topological polar surface area (TPSA) is 34.9 Å². The van der Waals surface area contributed by atoms with Crippen molar-refractivity contribution in [2.45, 2.75) is 69.1 Å². The van der Waals surface area contributed by atoms with Crippen molar-refractivity contribution in [2.75, 3.05) is 0 Å². The summed E-state index contributed by atoms with van der Waals surface area (Å²) in [5.74, 6) is 2.61. The van der Waals surface area contributed by atoms with Gasteiger partial charge in [-0.1, -0.05) is 29.5 Å². The second-order valence-corrected chi connectivity index (χ2v) is 10.4. The lowest BCUT2D eigenvalue weighted by molar-refractivity contribution is -0.0410. The summed E-state index contributed by atoms with van der Waals surface area (Å²) in [6, 6.07) is 8.57. The van der Waals surface area contributed by atoms with Crippen LogP contribution in [0.2, 0.25) is 0 Å². The van der Waals surface area contributed by atoms with E-state index < -0.39 is 0 Å². The highest BCUT2D eigenvalue weighted by molar-refractivity contribution is 7.99. The zero-order valence-corrected chi connectivity index (χ0v) is 17.3. The fourth-order valence-electron chi connectivity index (χ4n) is 6.30. The summed E-state index contributed by atoms with van der Waals surface area (Å²) in [7, 11) is 0. The number of rotatable bonds is 3. The molecule has 0 unspecified atom stereocenters. The van der Waals surface area contributed by atoms with Gasteiger partial charge in [0.05, 0.1) is 21.7 Å². The maximum Gasteiger partial charge on any atom is 0.253 e. The van der Waals surface area contributed by atoms with Gasteiger partial charge >= 0.3 is 0 Å². The minimum Gasteiger partial charge on any atom is -0.272 e. The molecular formula is C23H28N2OS. The SMILES string of the molecule is Cc1ccc(Sc2c(C)nn(C(=O)C34CC5CC(CC(C5)C3)C4)c2C)cc1. The van der Waals surface area contributed by atoms with E-state index in [0.29, 0.717) is 0 Å². The molecule has 3 nitrogen and oxygen atoms in total. The van der Waals surface area contributed by atoms with Gasteiger partial charge in [-0.05, 0) is 89.2 Å². The molecule has 142 valence electrons. The molecule has 0 radical (unpaired) electrons. The molecule has 6 rings (SSSR count). The van der Waals surface area contributed by atoms with E-state index in [9.17, 15) is 4.79 Å². The first-order valence-corrected chi connectivity index (χ1v) is 11.1. The average molecular weight is 381 g/mol. The Bertz CT molecular complexity index is 861. The van der Waals surface area contributed by atoms with Gasteiger partial charge in [-0.2, -0.15) is 5.10 Å². The fourth-order valence-corrected chi connectivity index (χ4v) is 7.23. The van der Waals surface area contributed by atoms with Crippen molar-refractivity contribution in [1.82, 2.24) is 9.78 Å². The molecule has 0 atom stereocenters. The molecule has 4 fully saturated rings. The summed E-state index contributed by atoms with van der Waals surface area (Å²) in [6.45, 7) is 6.20.